The average molecular weight is 292 g/mol. The highest BCUT2D eigenvalue weighted by Gasteiger charge is 2.31. The van der Waals surface area contributed by atoms with Crippen molar-refractivity contribution in [2.45, 2.75) is 25.9 Å². The lowest BCUT2D eigenvalue weighted by atomic mass is 10.2. The molecule has 0 aliphatic rings. The van der Waals surface area contributed by atoms with Gasteiger partial charge < -0.3 is 15.9 Å². The lowest BCUT2D eigenvalue weighted by Gasteiger charge is -2.24. The third-order valence-corrected chi connectivity index (χ3v) is 3.31. The van der Waals surface area contributed by atoms with Crippen LogP contribution in [0.3, 0.4) is 0 Å². The van der Waals surface area contributed by atoms with E-state index in [1.807, 2.05) is 0 Å². The topological polar surface area (TPSA) is 138 Å². The molecular formula is C10H16N2O6S. The molecule has 0 unspecified atom stereocenters. The Hall–Kier alpha value is -1.61. The third-order valence-electron chi connectivity index (χ3n) is 2.17. The number of rotatable bonds is 7. The predicted octanol–water partition coefficient (Wildman–Crippen LogP) is -1.02. The summed E-state index contributed by atoms with van der Waals surface area (Å²) < 4.78 is 0. The van der Waals surface area contributed by atoms with Crippen molar-refractivity contribution in [3.05, 3.63) is 0 Å². The number of nitrogens with zero attached hydrogens (tertiary/aromatic N) is 1. The number of amides is 2. The van der Waals surface area contributed by atoms with Crippen LogP contribution in [-0.2, 0) is 19.2 Å². The zero-order chi connectivity index (χ0) is 15.2. The minimum Gasteiger partial charge on any atom is -0.480 e. The molecular weight excluding hydrogens is 276 g/mol. The molecule has 0 radical (unpaired) electrons. The highest BCUT2D eigenvalue weighted by Crippen LogP contribution is 2.11. The van der Waals surface area contributed by atoms with Crippen molar-refractivity contribution in [1.29, 1.82) is 0 Å². The van der Waals surface area contributed by atoms with Crippen molar-refractivity contribution >= 4 is 35.5 Å². The first-order valence-corrected chi connectivity index (χ1v) is 6.43. The maximum atomic E-state index is 11.3. The van der Waals surface area contributed by atoms with E-state index in [-0.39, 0.29) is 11.5 Å². The molecule has 19 heavy (non-hydrogen) atoms. The normalized spacial score (nSPS) is 13.4. The van der Waals surface area contributed by atoms with E-state index in [2.05, 4.69) is 0 Å². The fraction of sp³-hybridized carbons (Fsp3) is 0.600. The van der Waals surface area contributed by atoms with Crippen LogP contribution in [0, 0.1) is 0 Å². The van der Waals surface area contributed by atoms with E-state index in [9.17, 15) is 19.2 Å². The smallest absolute Gasteiger partial charge is 0.327 e. The van der Waals surface area contributed by atoms with Crippen LogP contribution in [0.2, 0.25) is 0 Å². The first-order valence-electron chi connectivity index (χ1n) is 5.27. The number of carboxylic acid groups (broad SMARTS) is 2. The van der Waals surface area contributed by atoms with Gasteiger partial charge in [0.15, 0.2) is 0 Å². The number of carbonyl (C=O) groups excluding carboxylic acids is 2. The fourth-order valence-corrected chi connectivity index (χ4v) is 2.34. The zero-order valence-corrected chi connectivity index (χ0v) is 11.3. The molecule has 0 aromatic carbocycles. The lowest BCUT2D eigenvalue weighted by molar-refractivity contribution is -0.155. The van der Waals surface area contributed by atoms with Crippen LogP contribution < -0.4 is 5.73 Å². The van der Waals surface area contributed by atoms with Crippen molar-refractivity contribution in [2.75, 3.05) is 11.5 Å². The molecule has 0 spiro atoms. The van der Waals surface area contributed by atoms with Gasteiger partial charge in [0, 0.05) is 25.4 Å². The molecule has 4 N–H and O–H groups in total. The van der Waals surface area contributed by atoms with Gasteiger partial charge in [0.2, 0.25) is 11.8 Å². The van der Waals surface area contributed by atoms with Crippen LogP contribution in [0.5, 0.6) is 0 Å². The Morgan fingerprint density at radius 2 is 1.53 bits per heavy atom. The Morgan fingerprint density at radius 3 is 1.84 bits per heavy atom. The van der Waals surface area contributed by atoms with E-state index in [1.54, 1.807) is 0 Å². The van der Waals surface area contributed by atoms with E-state index in [4.69, 9.17) is 15.9 Å². The molecule has 9 heteroatoms. The molecule has 0 saturated heterocycles. The summed E-state index contributed by atoms with van der Waals surface area (Å²) >= 11 is 0.956. The van der Waals surface area contributed by atoms with Gasteiger partial charge in [-0.25, -0.2) is 4.79 Å². The van der Waals surface area contributed by atoms with E-state index < -0.39 is 35.8 Å². The highest BCUT2D eigenvalue weighted by molar-refractivity contribution is 7.99. The minimum atomic E-state index is -1.33. The average Bonchev–Trinajstić information content (AvgIpc) is 2.25. The molecule has 2 amide bonds. The minimum absolute atomic E-state index is 0.0111. The first-order chi connectivity index (χ1) is 8.68. The standard InChI is InChI=1S/C10H16N2O6S/c1-5(13)12(6(2)14)8(10(17)18)4-19-3-7(11)9(15)16/h7-8H,3-4,11H2,1-2H3,(H,15,16)(H,17,18)/t7-,8-/m0/s1. The first kappa shape index (κ1) is 17.4. The molecule has 0 fully saturated rings. The maximum absolute atomic E-state index is 11.3. The quantitative estimate of drug-likeness (QED) is 0.542. The van der Waals surface area contributed by atoms with Crippen LogP contribution in [0.25, 0.3) is 0 Å². The van der Waals surface area contributed by atoms with Gasteiger partial charge >= 0.3 is 11.9 Å². The number of aliphatic carboxylic acids is 2. The lowest BCUT2D eigenvalue weighted by Crippen LogP contribution is -2.48. The van der Waals surface area contributed by atoms with Gasteiger partial charge in [-0.2, -0.15) is 11.8 Å². The van der Waals surface area contributed by atoms with Gasteiger partial charge in [-0.05, 0) is 0 Å². The van der Waals surface area contributed by atoms with Gasteiger partial charge in [-0.3, -0.25) is 19.3 Å². The zero-order valence-electron chi connectivity index (χ0n) is 10.5. The largest absolute Gasteiger partial charge is 0.480 e. The summed E-state index contributed by atoms with van der Waals surface area (Å²) in [4.78, 5) is 44.7. The summed E-state index contributed by atoms with van der Waals surface area (Å²) in [5, 5.41) is 17.6. The van der Waals surface area contributed by atoms with Gasteiger partial charge in [-0.15, -0.1) is 0 Å². The second kappa shape index (κ2) is 7.74. The Morgan fingerprint density at radius 1 is 1.05 bits per heavy atom. The van der Waals surface area contributed by atoms with Gasteiger partial charge in [0.05, 0.1) is 0 Å². The predicted molar refractivity (Wildman–Crippen MR) is 67.6 cm³/mol. The highest BCUT2D eigenvalue weighted by atomic mass is 32.2. The molecule has 0 aliphatic carbocycles. The number of nitrogens with two attached hydrogens (primary N) is 1. The van der Waals surface area contributed by atoms with Crippen molar-refractivity contribution < 1.29 is 29.4 Å². The van der Waals surface area contributed by atoms with Gasteiger partial charge in [0.25, 0.3) is 0 Å². The van der Waals surface area contributed by atoms with Crippen molar-refractivity contribution in [2.24, 2.45) is 5.73 Å². The molecule has 0 rings (SSSR count). The molecule has 0 saturated carbocycles. The van der Waals surface area contributed by atoms with Crippen LogP contribution in [0.1, 0.15) is 13.8 Å². The summed E-state index contributed by atoms with van der Waals surface area (Å²) in [5.74, 6) is -4.01. The number of thioether (sulfide) groups is 1. The number of carbonyl (C=O) groups is 4. The number of carboxylic acids is 2. The molecule has 0 aromatic rings. The third kappa shape index (κ3) is 5.71. The summed E-state index contributed by atoms with van der Waals surface area (Å²) in [5.41, 5.74) is 5.26. The van der Waals surface area contributed by atoms with Crippen LogP contribution in [0.15, 0.2) is 0 Å². The second-order valence-corrected chi connectivity index (χ2v) is 4.82. The van der Waals surface area contributed by atoms with E-state index in [0.29, 0.717) is 4.90 Å². The van der Waals surface area contributed by atoms with E-state index in [0.717, 1.165) is 25.6 Å². The Bertz CT molecular complexity index is 372. The molecule has 0 aromatic heterocycles. The Labute approximate surface area is 113 Å². The van der Waals surface area contributed by atoms with Gasteiger partial charge in [0.1, 0.15) is 12.1 Å². The number of imide groups is 1. The van der Waals surface area contributed by atoms with Crippen molar-refractivity contribution in [3.63, 3.8) is 0 Å². The maximum Gasteiger partial charge on any atom is 0.327 e. The SMILES string of the molecule is CC(=O)N(C(C)=O)[C@@H](CSC[C@H](N)C(=O)O)C(=O)O. The summed E-state index contributed by atoms with van der Waals surface area (Å²) in [6.45, 7) is 2.18. The molecule has 108 valence electrons. The molecule has 0 bridgehead atoms. The monoisotopic (exact) mass is 292 g/mol. The Balaban J connectivity index is 4.66. The molecule has 2 atom stereocenters. The van der Waals surface area contributed by atoms with Crippen molar-refractivity contribution in [1.82, 2.24) is 4.90 Å². The number of hydrogen-bond donors (Lipinski definition) is 3. The van der Waals surface area contributed by atoms with Crippen molar-refractivity contribution in [3.8, 4) is 0 Å². The summed E-state index contributed by atoms with van der Waals surface area (Å²) in [6.07, 6.45) is 0. The number of hydrogen-bond acceptors (Lipinski definition) is 6. The summed E-state index contributed by atoms with van der Waals surface area (Å²) in [7, 11) is 0. The van der Waals surface area contributed by atoms with E-state index >= 15 is 0 Å². The molecule has 8 nitrogen and oxygen atoms in total. The fourth-order valence-electron chi connectivity index (χ4n) is 1.29. The molecule has 0 aliphatic heterocycles. The molecule has 0 heterocycles. The van der Waals surface area contributed by atoms with Crippen LogP contribution in [-0.4, -0.2) is 62.5 Å². The van der Waals surface area contributed by atoms with E-state index in [1.165, 1.54) is 0 Å². The van der Waals surface area contributed by atoms with Crippen LogP contribution in [0.4, 0.5) is 0 Å². The second-order valence-electron chi connectivity index (χ2n) is 3.74. The van der Waals surface area contributed by atoms with Crippen LogP contribution >= 0.6 is 11.8 Å². The summed E-state index contributed by atoms with van der Waals surface area (Å²) in [6, 6.07) is -2.46. The van der Waals surface area contributed by atoms with Gasteiger partial charge in [-0.1, -0.05) is 0 Å². The Kier molecular flexibility index (Phi) is 7.09.